The third-order valence-electron chi connectivity index (χ3n) is 5.93. The summed E-state index contributed by atoms with van der Waals surface area (Å²) in [4.78, 5) is 16.8. The van der Waals surface area contributed by atoms with Crippen LogP contribution in [0.15, 0.2) is 54.6 Å². The number of ether oxygens (including phenoxy) is 1. The molecule has 2 atom stereocenters. The third-order valence-corrected chi connectivity index (χ3v) is 5.93. The molecule has 0 spiro atoms. The summed E-state index contributed by atoms with van der Waals surface area (Å²) in [5, 5.41) is 14.2. The van der Waals surface area contributed by atoms with Crippen LogP contribution in [-0.2, 0) is 11.3 Å². The smallest absolute Gasteiger partial charge is 0.234 e. The summed E-state index contributed by atoms with van der Waals surface area (Å²) in [5.74, 6) is 0.822. The Morgan fingerprint density at radius 1 is 1.23 bits per heavy atom. The van der Waals surface area contributed by atoms with Gasteiger partial charge in [-0.15, -0.1) is 0 Å². The topological polar surface area (TPSA) is 65.0 Å². The van der Waals surface area contributed by atoms with Gasteiger partial charge in [-0.05, 0) is 25.1 Å². The van der Waals surface area contributed by atoms with Crippen LogP contribution in [0.3, 0.4) is 0 Å². The highest BCUT2D eigenvalue weighted by atomic mass is 16.5. The maximum atomic E-state index is 12.6. The van der Waals surface area contributed by atoms with E-state index in [1.54, 1.807) is 0 Å². The molecule has 160 valence electrons. The number of carbonyl (C=O) groups excluding carboxylic acids is 1. The Morgan fingerprint density at radius 2 is 2.00 bits per heavy atom. The first kappa shape index (κ1) is 20.8. The molecule has 6 heteroatoms. The Labute approximate surface area is 178 Å². The predicted molar refractivity (Wildman–Crippen MR) is 116 cm³/mol. The average Bonchev–Trinajstić information content (AvgIpc) is 3.08. The number of likely N-dealkylation sites (N-methyl/N-ethyl adjacent to an activating group) is 1. The van der Waals surface area contributed by atoms with Crippen LogP contribution in [0.25, 0.3) is 0 Å². The second-order valence-corrected chi connectivity index (χ2v) is 8.64. The van der Waals surface area contributed by atoms with E-state index in [1.807, 2.05) is 54.4 Å². The summed E-state index contributed by atoms with van der Waals surface area (Å²) in [6, 6.07) is 18.2. The molecule has 0 aromatic heterocycles. The Balaban J connectivity index is 1.26. The fourth-order valence-corrected chi connectivity index (χ4v) is 4.58. The lowest BCUT2D eigenvalue weighted by atomic mass is 10.0. The van der Waals surface area contributed by atoms with Crippen molar-refractivity contribution >= 4 is 5.91 Å². The van der Waals surface area contributed by atoms with Gasteiger partial charge in [-0.3, -0.25) is 14.6 Å². The third kappa shape index (κ3) is 5.19. The van der Waals surface area contributed by atoms with Crippen molar-refractivity contribution in [3.8, 4) is 5.75 Å². The van der Waals surface area contributed by atoms with Gasteiger partial charge in [0.25, 0.3) is 0 Å². The second kappa shape index (κ2) is 9.16. The summed E-state index contributed by atoms with van der Waals surface area (Å²) in [5.41, 5.74) is 1.51. The standard InChI is InChI=1S/C24H31N3O3/c1-26(16-23(28)25-21-11-14-30-22-10-6-5-9-20(21)22)17-24(29)12-13-27(18-24)15-19-7-3-2-4-8-19/h2-10,21,29H,11-18H2,1H3,(H,25,28). The second-order valence-electron chi connectivity index (χ2n) is 8.64. The van der Waals surface area contributed by atoms with Gasteiger partial charge in [0.1, 0.15) is 5.75 Å². The molecule has 1 amide bonds. The summed E-state index contributed by atoms with van der Waals surface area (Å²) in [6.45, 7) is 3.69. The highest BCUT2D eigenvalue weighted by Crippen LogP contribution is 2.31. The maximum absolute atomic E-state index is 12.6. The highest BCUT2D eigenvalue weighted by Gasteiger charge is 2.37. The number of benzene rings is 2. The van der Waals surface area contributed by atoms with Crippen LogP contribution in [0, 0.1) is 0 Å². The molecule has 2 aliphatic rings. The van der Waals surface area contributed by atoms with Crippen LogP contribution < -0.4 is 10.1 Å². The molecule has 2 aliphatic heterocycles. The van der Waals surface area contributed by atoms with Crippen LogP contribution in [0.2, 0.25) is 0 Å². The molecule has 30 heavy (non-hydrogen) atoms. The van der Waals surface area contributed by atoms with Crippen LogP contribution in [-0.4, -0.2) is 66.2 Å². The number of amides is 1. The molecule has 2 aromatic rings. The van der Waals surface area contributed by atoms with Gasteiger partial charge in [-0.1, -0.05) is 48.5 Å². The van der Waals surface area contributed by atoms with Gasteiger partial charge < -0.3 is 15.2 Å². The van der Waals surface area contributed by atoms with Gasteiger partial charge in [0.15, 0.2) is 0 Å². The first-order valence-electron chi connectivity index (χ1n) is 10.7. The monoisotopic (exact) mass is 409 g/mol. The van der Waals surface area contributed by atoms with Gasteiger partial charge >= 0.3 is 0 Å². The molecule has 1 fully saturated rings. The zero-order chi connectivity index (χ0) is 21.0. The minimum atomic E-state index is -0.783. The molecule has 2 N–H and O–H groups in total. The van der Waals surface area contributed by atoms with Gasteiger partial charge in [0, 0.05) is 38.2 Å². The lowest BCUT2D eigenvalue weighted by Crippen LogP contribution is -2.47. The lowest BCUT2D eigenvalue weighted by Gasteiger charge is -2.30. The number of aliphatic hydroxyl groups is 1. The molecule has 4 rings (SSSR count). The zero-order valence-corrected chi connectivity index (χ0v) is 17.6. The number of nitrogens with one attached hydrogen (secondary N) is 1. The molecule has 0 saturated carbocycles. The molecule has 2 aromatic carbocycles. The number of para-hydroxylation sites is 1. The molecule has 0 radical (unpaired) electrons. The van der Waals surface area contributed by atoms with E-state index in [0.29, 0.717) is 19.7 Å². The van der Waals surface area contributed by atoms with Crippen LogP contribution in [0.1, 0.15) is 30.0 Å². The number of likely N-dealkylation sites (tertiary alicyclic amines) is 1. The fraction of sp³-hybridized carbons (Fsp3) is 0.458. The van der Waals surface area contributed by atoms with Crippen molar-refractivity contribution in [2.24, 2.45) is 0 Å². The lowest BCUT2D eigenvalue weighted by molar-refractivity contribution is -0.123. The molecular weight excluding hydrogens is 378 g/mol. The van der Waals surface area contributed by atoms with Gasteiger partial charge in [0.05, 0.1) is 24.8 Å². The number of hydrogen-bond acceptors (Lipinski definition) is 5. The van der Waals surface area contributed by atoms with E-state index in [9.17, 15) is 9.90 Å². The normalized spacial score (nSPS) is 23.8. The SMILES string of the molecule is CN(CC(=O)NC1CCOc2ccccc21)CC1(O)CCN(Cc2ccccc2)C1. The summed E-state index contributed by atoms with van der Waals surface area (Å²) < 4.78 is 5.67. The molecule has 6 nitrogen and oxygen atoms in total. The first-order valence-corrected chi connectivity index (χ1v) is 10.7. The minimum Gasteiger partial charge on any atom is -0.493 e. The predicted octanol–water partition coefficient (Wildman–Crippen LogP) is 2.20. The van der Waals surface area contributed by atoms with Gasteiger partial charge in [-0.25, -0.2) is 0 Å². The Kier molecular flexibility index (Phi) is 6.37. The first-order chi connectivity index (χ1) is 14.5. The van der Waals surface area contributed by atoms with Crippen molar-refractivity contribution < 1.29 is 14.6 Å². The molecule has 1 saturated heterocycles. The van der Waals surface area contributed by atoms with E-state index in [1.165, 1.54) is 5.56 Å². The van der Waals surface area contributed by atoms with Crippen molar-refractivity contribution in [2.45, 2.75) is 31.0 Å². The molecule has 2 unspecified atom stereocenters. The highest BCUT2D eigenvalue weighted by molar-refractivity contribution is 5.78. The average molecular weight is 410 g/mol. The molecular formula is C24H31N3O3. The van der Waals surface area contributed by atoms with Crippen molar-refractivity contribution in [2.75, 3.05) is 39.8 Å². The van der Waals surface area contributed by atoms with E-state index >= 15 is 0 Å². The number of hydrogen-bond donors (Lipinski definition) is 2. The summed E-state index contributed by atoms with van der Waals surface area (Å²) in [7, 11) is 1.90. The van der Waals surface area contributed by atoms with Crippen LogP contribution >= 0.6 is 0 Å². The number of nitrogens with zero attached hydrogens (tertiary/aromatic N) is 2. The largest absolute Gasteiger partial charge is 0.493 e. The Morgan fingerprint density at radius 3 is 2.83 bits per heavy atom. The summed E-state index contributed by atoms with van der Waals surface area (Å²) >= 11 is 0. The molecule has 0 bridgehead atoms. The number of β-amino-alcohol motifs (C(OH)–C–C–N with tert-alkyl or cyclic N) is 1. The Bertz CT molecular complexity index is 860. The van der Waals surface area contributed by atoms with E-state index in [0.717, 1.165) is 37.2 Å². The van der Waals surface area contributed by atoms with Crippen LogP contribution in [0.4, 0.5) is 0 Å². The van der Waals surface area contributed by atoms with Crippen molar-refractivity contribution in [3.63, 3.8) is 0 Å². The van der Waals surface area contributed by atoms with Crippen molar-refractivity contribution in [1.29, 1.82) is 0 Å². The molecule has 0 aliphatic carbocycles. The fourth-order valence-electron chi connectivity index (χ4n) is 4.58. The van der Waals surface area contributed by atoms with Crippen molar-refractivity contribution in [1.82, 2.24) is 15.1 Å². The van der Waals surface area contributed by atoms with E-state index in [2.05, 4.69) is 22.3 Å². The number of rotatable bonds is 7. The minimum absolute atomic E-state index is 0.0215. The van der Waals surface area contributed by atoms with Crippen LogP contribution in [0.5, 0.6) is 5.75 Å². The van der Waals surface area contributed by atoms with Gasteiger partial charge in [-0.2, -0.15) is 0 Å². The van der Waals surface area contributed by atoms with E-state index in [4.69, 9.17) is 4.74 Å². The van der Waals surface area contributed by atoms with E-state index in [-0.39, 0.29) is 18.5 Å². The summed E-state index contributed by atoms with van der Waals surface area (Å²) in [6.07, 6.45) is 1.49. The number of fused-ring (bicyclic) bond motifs is 1. The van der Waals surface area contributed by atoms with E-state index < -0.39 is 5.60 Å². The Hall–Kier alpha value is -2.41. The number of carbonyl (C=O) groups is 1. The molecule has 2 heterocycles. The maximum Gasteiger partial charge on any atom is 0.234 e. The quantitative estimate of drug-likeness (QED) is 0.734. The van der Waals surface area contributed by atoms with Gasteiger partial charge in [0.2, 0.25) is 5.91 Å². The van der Waals surface area contributed by atoms with Crippen molar-refractivity contribution in [3.05, 3.63) is 65.7 Å². The zero-order valence-electron chi connectivity index (χ0n) is 17.6.